The molecule has 0 N–H and O–H groups in total. The van der Waals surface area contributed by atoms with Crippen LogP contribution in [0.25, 0.3) is 6.08 Å². The molecule has 2 aliphatic heterocycles. The summed E-state index contributed by atoms with van der Waals surface area (Å²) in [7, 11) is 0. The molecule has 0 aliphatic carbocycles. The molecular weight excluding hydrogens is 332 g/mol. The average molecular weight is 350 g/mol. The minimum atomic E-state index is -0.145. The first kappa shape index (κ1) is 16.3. The van der Waals surface area contributed by atoms with Gasteiger partial charge in [-0.15, -0.1) is 0 Å². The van der Waals surface area contributed by atoms with E-state index in [2.05, 4.69) is 0 Å². The molecule has 132 valence electrons. The lowest BCUT2D eigenvalue weighted by atomic mass is 10.1. The molecule has 2 aromatic rings. The van der Waals surface area contributed by atoms with Gasteiger partial charge in [-0.3, -0.25) is 4.79 Å². The molecule has 0 amide bonds. The molecule has 4 rings (SSSR count). The Balaban J connectivity index is 1.54. The average Bonchev–Trinajstić information content (AvgIpc) is 3.19. The van der Waals surface area contributed by atoms with Crippen LogP contribution in [-0.4, -0.2) is 19.2 Å². The molecule has 0 radical (unpaired) electrons. The molecule has 2 heterocycles. The van der Waals surface area contributed by atoms with E-state index in [1.54, 1.807) is 24.3 Å². The van der Waals surface area contributed by atoms with Gasteiger partial charge in [-0.25, -0.2) is 0 Å². The van der Waals surface area contributed by atoms with Gasteiger partial charge in [-0.05, 0) is 55.8 Å². The molecule has 0 saturated heterocycles. The molecule has 0 bridgehead atoms. The smallest absolute Gasteiger partial charge is 0.231 e. The Morgan fingerprint density at radius 3 is 2.77 bits per heavy atom. The Kier molecular flexibility index (Phi) is 4.13. The van der Waals surface area contributed by atoms with Gasteiger partial charge in [0.15, 0.2) is 17.3 Å². The minimum Gasteiger partial charge on any atom is -0.489 e. The van der Waals surface area contributed by atoms with Gasteiger partial charge in [0.1, 0.15) is 18.1 Å². The van der Waals surface area contributed by atoms with Crippen molar-refractivity contribution < 1.29 is 23.7 Å². The van der Waals surface area contributed by atoms with Crippen LogP contribution in [-0.2, 0) is 0 Å². The number of ether oxygens (including phenoxy) is 4. The van der Waals surface area contributed by atoms with Gasteiger partial charge >= 0.3 is 0 Å². The molecule has 0 fully saturated rings. The molecule has 5 nitrogen and oxygen atoms in total. The highest BCUT2D eigenvalue weighted by Gasteiger charge is 2.28. The number of Topliss-reactive ketones (excluding diaryl/α,β-unsaturated/α-hetero) is 1. The van der Waals surface area contributed by atoms with Crippen molar-refractivity contribution in [2.45, 2.75) is 13.8 Å². The Morgan fingerprint density at radius 2 is 1.92 bits per heavy atom. The maximum absolute atomic E-state index is 12.5. The predicted octanol–water partition coefficient (Wildman–Crippen LogP) is 4.38. The summed E-state index contributed by atoms with van der Waals surface area (Å²) in [5.74, 6) is 2.67. The number of benzene rings is 2. The third-order valence-corrected chi connectivity index (χ3v) is 4.08. The fraction of sp³-hybridized carbons (Fsp3) is 0.190. The molecule has 0 unspecified atom stereocenters. The van der Waals surface area contributed by atoms with Gasteiger partial charge in [0.2, 0.25) is 12.6 Å². The number of fused-ring (bicyclic) bond motifs is 2. The zero-order valence-corrected chi connectivity index (χ0v) is 14.6. The Labute approximate surface area is 151 Å². The largest absolute Gasteiger partial charge is 0.489 e. The maximum Gasteiger partial charge on any atom is 0.231 e. The fourth-order valence-electron chi connectivity index (χ4n) is 2.72. The molecule has 0 saturated carbocycles. The van der Waals surface area contributed by atoms with Gasteiger partial charge < -0.3 is 18.9 Å². The van der Waals surface area contributed by atoms with E-state index in [9.17, 15) is 4.79 Å². The van der Waals surface area contributed by atoms with E-state index in [4.69, 9.17) is 18.9 Å². The molecular formula is C21H18O5. The van der Waals surface area contributed by atoms with Crippen LogP contribution in [0.3, 0.4) is 0 Å². The van der Waals surface area contributed by atoms with Crippen molar-refractivity contribution in [3.05, 3.63) is 64.9 Å². The van der Waals surface area contributed by atoms with Gasteiger partial charge in [-0.2, -0.15) is 0 Å². The number of carbonyl (C=O) groups excluding carboxylic acids is 1. The first-order valence-corrected chi connectivity index (χ1v) is 8.34. The van der Waals surface area contributed by atoms with Crippen LogP contribution in [0.4, 0.5) is 0 Å². The highest BCUT2D eigenvalue weighted by Crippen LogP contribution is 2.37. The van der Waals surface area contributed by atoms with Crippen LogP contribution in [0.15, 0.2) is 53.8 Å². The molecule has 0 atom stereocenters. The van der Waals surface area contributed by atoms with Crippen molar-refractivity contribution >= 4 is 11.9 Å². The first-order valence-electron chi connectivity index (χ1n) is 8.34. The molecule has 0 aromatic heterocycles. The van der Waals surface area contributed by atoms with Crippen molar-refractivity contribution in [1.82, 2.24) is 0 Å². The Hall–Kier alpha value is -3.21. The van der Waals surface area contributed by atoms with Crippen LogP contribution in [0.5, 0.6) is 23.0 Å². The van der Waals surface area contributed by atoms with E-state index >= 15 is 0 Å². The van der Waals surface area contributed by atoms with Gasteiger partial charge in [0.05, 0.1) is 5.56 Å². The first-order chi connectivity index (χ1) is 12.6. The van der Waals surface area contributed by atoms with Crippen molar-refractivity contribution in [2.24, 2.45) is 0 Å². The fourth-order valence-corrected chi connectivity index (χ4v) is 2.72. The van der Waals surface area contributed by atoms with Gasteiger partial charge in [-0.1, -0.05) is 11.6 Å². The van der Waals surface area contributed by atoms with E-state index in [-0.39, 0.29) is 18.3 Å². The van der Waals surface area contributed by atoms with E-state index in [0.717, 1.165) is 5.56 Å². The van der Waals surface area contributed by atoms with Crippen LogP contribution < -0.4 is 18.9 Å². The summed E-state index contributed by atoms with van der Waals surface area (Å²) in [5, 5.41) is 0. The number of hydrogen-bond donors (Lipinski definition) is 0. The van der Waals surface area contributed by atoms with E-state index in [0.29, 0.717) is 35.2 Å². The summed E-state index contributed by atoms with van der Waals surface area (Å²) in [6, 6.07) is 10.7. The highest BCUT2D eigenvalue weighted by atomic mass is 16.7. The minimum absolute atomic E-state index is 0.145. The molecule has 0 spiro atoms. The van der Waals surface area contributed by atoms with Gasteiger partial charge in [0.25, 0.3) is 0 Å². The van der Waals surface area contributed by atoms with Crippen molar-refractivity contribution in [3.8, 4) is 23.0 Å². The monoisotopic (exact) mass is 350 g/mol. The summed E-state index contributed by atoms with van der Waals surface area (Å²) >= 11 is 0. The third kappa shape index (κ3) is 3.16. The quantitative estimate of drug-likeness (QED) is 0.605. The van der Waals surface area contributed by atoms with Crippen molar-refractivity contribution in [1.29, 1.82) is 0 Å². The molecule has 2 aliphatic rings. The zero-order chi connectivity index (χ0) is 18.1. The van der Waals surface area contributed by atoms with Gasteiger partial charge in [0, 0.05) is 6.07 Å². The predicted molar refractivity (Wildman–Crippen MR) is 96.9 cm³/mol. The Morgan fingerprint density at radius 1 is 1.08 bits per heavy atom. The standard InChI is InChI=1S/C21H18O5/c1-13(2)7-8-23-15-4-5-16-18(11-15)26-20(21(16)22)10-14-3-6-17-19(9-14)25-12-24-17/h3-7,9-11H,8,12H2,1-2H3/b20-10-. The molecule has 2 aromatic carbocycles. The SMILES string of the molecule is CC(C)=CCOc1ccc2c(c1)O/C(=C\c1ccc3c(c1)OCO3)C2=O. The van der Waals surface area contributed by atoms with Crippen molar-refractivity contribution in [2.75, 3.05) is 13.4 Å². The summed E-state index contributed by atoms with van der Waals surface area (Å²) in [6.07, 6.45) is 3.69. The van der Waals surface area contributed by atoms with Crippen LogP contribution >= 0.6 is 0 Å². The second kappa shape index (κ2) is 6.59. The normalized spacial score (nSPS) is 15.6. The third-order valence-electron chi connectivity index (χ3n) is 4.08. The zero-order valence-electron chi connectivity index (χ0n) is 14.6. The van der Waals surface area contributed by atoms with Crippen molar-refractivity contribution in [3.63, 3.8) is 0 Å². The number of rotatable bonds is 4. The van der Waals surface area contributed by atoms with Crippen LogP contribution in [0, 0.1) is 0 Å². The van der Waals surface area contributed by atoms with E-state index < -0.39 is 0 Å². The number of hydrogen-bond acceptors (Lipinski definition) is 5. The number of carbonyl (C=O) groups is 1. The summed E-state index contributed by atoms with van der Waals surface area (Å²) in [4.78, 5) is 12.5. The second-order valence-electron chi connectivity index (χ2n) is 6.30. The van der Waals surface area contributed by atoms with Crippen LogP contribution in [0.1, 0.15) is 29.8 Å². The lowest BCUT2D eigenvalue weighted by Gasteiger charge is -2.05. The summed E-state index contributed by atoms with van der Waals surface area (Å²) in [6.45, 7) is 4.72. The maximum atomic E-state index is 12.5. The summed E-state index contributed by atoms with van der Waals surface area (Å²) in [5.41, 5.74) is 2.53. The number of ketones is 1. The number of allylic oxidation sites excluding steroid dienone is 2. The highest BCUT2D eigenvalue weighted by molar-refractivity contribution is 6.14. The summed E-state index contributed by atoms with van der Waals surface area (Å²) < 4.78 is 22.1. The van der Waals surface area contributed by atoms with E-state index in [1.807, 2.05) is 38.1 Å². The lowest BCUT2D eigenvalue weighted by molar-refractivity contribution is 0.101. The lowest BCUT2D eigenvalue weighted by Crippen LogP contribution is -1.98. The topological polar surface area (TPSA) is 54.0 Å². The van der Waals surface area contributed by atoms with E-state index in [1.165, 1.54) is 5.57 Å². The van der Waals surface area contributed by atoms with Crippen LogP contribution in [0.2, 0.25) is 0 Å². The second-order valence-corrected chi connectivity index (χ2v) is 6.30. The molecule has 5 heteroatoms. The Bertz CT molecular complexity index is 935. The molecule has 26 heavy (non-hydrogen) atoms.